The molecule has 56 heavy (non-hydrogen) atoms. The summed E-state index contributed by atoms with van der Waals surface area (Å²) in [7, 11) is 0. The van der Waals surface area contributed by atoms with E-state index in [1.54, 1.807) is 42.5 Å². The molecule has 9 rings (SSSR count). The second-order valence-electron chi connectivity index (χ2n) is 13.3. The van der Waals surface area contributed by atoms with Crippen molar-refractivity contribution in [2.24, 2.45) is 0 Å². The molecule has 2 aromatic heterocycles. The highest BCUT2D eigenvalue weighted by Crippen LogP contribution is 2.43. The number of aromatic nitrogens is 3. The highest BCUT2D eigenvalue weighted by molar-refractivity contribution is 6.24. The molecule has 7 heteroatoms. The quantitative estimate of drug-likeness (QED) is 0.162. The monoisotopic (exact) mass is 711 g/mol. The second kappa shape index (κ2) is 13.8. The van der Waals surface area contributed by atoms with Crippen LogP contribution in [-0.4, -0.2) is 15.0 Å². The average molecular weight is 712 g/mol. The first-order valence-corrected chi connectivity index (χ1v) is 17.7. The molecule has 0 N–H and O–H groups in total. The van der Waals surface area contributed by atoms with Gasteiger partial charge in [0, 0.05) is 38.4 Å². The lowest BCUT2D eigenvalue weighted by atomic mass is 9.92. The van der Waals surface area contributed by atoms with Crippen molar-refractivity contribution in [3.05, 3.63) is 174 Å². The van der Waals surface area contributed by atoms with Gasteiger partial charge in [-0.15, -0.1) is 0 Å². The van der Waals surface area contributed by atoms with Crippen LogP contribution in [0.3, 0.4) is 0 Å². The predicted octanol–water partition coefficient (Wildman–Crippen LogP) is 11.2. The first kappa shape index (κ1) is 33.4. The van der Waals surface area contributed by atoms with Crippen LogP contribution >= 0.6 is 0 Å². The summed E-state index contributed by atoms with van der Waals surface area (Å²) in [6.45, 7) is 0. The maximum absolute atomic E-state index is 9.70. The molecule has 0 aliphatic rings. The summed E-state index contributed by atoms with van der Waals surface area (Å²) < 4.78 is 0. The van der Waals surface area contributed by atoms with E-state index in [-0.39, 0.29) is 0 Å². The van der Waals surface area contributed by atoms with Gasteiger partial charge in [0.25, 0.3) is 0 Å². The van der Waals surface area contributed by atoms with E-state index in [2.05, 4.69) is 48.5 Å². The van der Waals surface area contributed by atoms with Crippen molar-refractivity contribution < 1.29 is 0 Å². The number of benzene rings is 7. The lowest BCUT2D eigenvalue weighted by Crippen LogP contribution is -2.00. The van der Waals surface area contributed by atoms with Gasteiger partial charge < -0.3 is 0 Å². The molecule has 0 radical (unpaired) electrons. The van der Waals surface area contributed by atoms with Gasteiger partial charge in [-0.1, -0.05) is 91.0 Å². The van der Waals surface area contributed by atoms with Crippen molar-refractivity contribution in [1.29, 1.82) is 21.0 Å². The van der Waals surface area contributed by atoms with Crippen LogP contribution in [0.4, 0.5) is 0 Å². The smallest absolute Gasteiger partial charge is 0.0992 e. The van der Waals surface area contributed by atoms with Gasteiger partial charge in [-0.3, -0.25) is 0 Å². The van der Waals surface area contributed by atoms with Crippen molar-refractivity contribution in [2.45, 2.75) is 0 Å². The SMILES string of the molecule is N#Cc1ccc(-c2nc3c(-c4ccccc4)cc4c(-c5cccc(-c6cc(C#N)cc(C#N)c6)c5)nc5ccccc5c4c3nc2-c2ccc(C#N)cc2)cc1. The Morgan fingerprint density at radius 2 is 0.893 bits per heavy atom. The molecule has 0 saturated heterocycles. The van der Waals surface area contributed by atoms with Crippen LogP contribution in [0.1, 0.15) is 22.3 Å². The molecule has 7 aromatic carbocycles. The molecule has 0 fully saturated rings. The van der Waals surface area contributed by atoms with Crippen LogP contribution in [0.5, 0.6) is 0 Å². The Morgan fingerprint density at radius 3 is 1.52 bits per heavy atom. The number of rotatable bonds is 5. The summed E-state index contributed by atoms with van der Waals surface area (Å²) in [5, 5.41) is 41.2. The highest BCUT2D eigenvalue weighted by atomic mass is 14.8. The van der Waals surface area contributed by atoms with Gasteiger partial charge >= 0.3 is 0 Å². The van der Waals surface area contributed by atoms with Crippen molar-refractivity contribution in [3.63, 3.8) is 0 Å². The van der Waals surface area contributed by atoms with E-state index in [9.17, 15) is 21.0 Å². The highest BCUT2D eigenvalue weighted by Gasteiger charge is 2.22. The first-order valence-electron chi connectivity index (χ1n) is 17.7. The molecule has 0 aliphatic carbocycles. The van der Waals surface area contributed by atoms with Crippen LogP contribution in [0.2, 0.25) is 0 Å². The van der Waals surface area contributed by atoms with Gasteiger partial charge in [0.15, 0.2) is 0 Å². The van der Waals surface area contributed by atoms with Crippen LogP contribution in [-0.2, 0) is 0 Å². The third-order valence-corrected chi connectivity index (χ3v) is 9.93. The number of fused-ring (bicyclic) bond motifs is 5. The molecular formula is C49H25N7. The summed E-state index contributed by atoms with van der Waals surface area (Å²) in [6, 6.07) is 56.9. The standard InChI is InChI=1S/C49H25N7/c50-26-30-13-17-35(18-14-30)46-47(36-19-15-31(27-51)16-20-36)56-49-44-40-11-4-5-12-43(40)54-45(42(44)25-41(48(49)55-46)34-7-2-1-3-8-34)38-10-6-9-37(24-38)39-22-32(28-52)21-33(23-39)29-53/h1-25H. The molecule has 9 aromatic rings. The number of hydrogen-bond acceptors (Lipinski definition) is 7. The fraction of sp³-hybridized carbons (Fsp3) is 0. The summed E-state index contributed by atoms with van der Waals surface area (Å²) in [6.07, 6.45) is 0. The summed E-state index contributed by atoms with van der Waals surface area (Å²) >= 11 is 0. The minimum Gasteiger partial charge on any atom is -0.247 e. The number of nitrogens with zero attached hydrogens (tertiary/aromatic N) is 7. The van der Waals surface area contributed by atoms with E-state index in [0.717, 1.165) is 66.3 Å². The van der Waals surface area contributed by atoms with Crippen molar-refractivity contribution in [2.75, 3.05) is 0 Å². The number of nitriles is 4. The molecular weight excluding hydrogens is 687 g/mol. The minimum absolute atomic E-state index is 0.412. The van der Waals surface area contributed by atoms with Gasteiger partial charge in [0.2, 0.25) is 0 Å². The van der Waals surface area contributed by atoms with Gasteiger partial charge in [0.05, 0.1) is 80.2 Å². The van der Waals surface area contributed by atoms with Gasteiger partial charge in [-0.05, 0) is 77.4 Å². The molecule has 0 atom stereocenters. The Morgan fingerprint density at radius 1 is 0.339 bits per heavy atom. The molecule has 2 heterocycles. The summed E-state index contributed by atoms with van der Waals surface area (Å²) in [5.41, 5.74) is 12.0. The molecule has 0 spiro atoms. The molecule has 0 aliphatic heterocycles. The van der Waals surface area contributed by atoms with Crippen molar-refractivity contribution >= 4 is 32.7 Å². The second-order valence-corrected chi connectivity index (χ2v) is 13.3. The topological polar surface area (TPSA) is 134 Å². The maximum atomic E-state index is 9.70. The van der Waals surface area contributed by atoms with E-state index in [4.69, 9.17) is 15.0 Å². The summed E-state index contributed by atoms with van der Waals surface area (Å²) in [4.78, 5) is 16.3. The van der Waals surface area contributed by atoms with Crippen LogP contribution < -0.4 is 0 Å². The Labute approximate surface area is 321 Å². The van der Waals surface area contributed by atoms with Gasteiger partial charge in [0.1, 0.15) is 0 Å². The first-order chi connectivity index (χ1) is 27.5. The minimum atomic E-state index is 0.412. The van der Waals surface area contributed by atoms with Gasteiger partial charge in [-0.25, -0.2) is 15.0 Å². The van der Waals surface area contributed by atoms with E-state index in [1.807, 2.05) is 84.9 Å². The van der Waals surface area contributed by atoms with E-state index in [0.29, 0.717) is 44.7 Å². The molecule has 7 nitrogen and oxygen atoms in total. The molecule has 256 valence electrons. The third kappa shape index (κ3) is 5.82. The Bertz CT molecular complexity index is 3180. The number of pyridine rings is 1. The maximum Gasteiger partial charge on any atom is 0.0992 e. The normalized spacial score (nSPS) is 10.8. The van der Waals surface area contributed by atoms with Crippen molar-refractivity contribution in [1.82, 2.24) is 15.0 Å². The lowest BCUT2D eigenvalue weighted by Gasteiger charge is -2.18. The third-order valence-electron chi connectivity index (χ3n) is 9.93. The lowest BCUT2D eigenvalue weighted by molar-refractivity contribution is 1.30. The average Bonchev–Trinajstić information content (AvgIpc) is 3.28. The predicted molar refractivity (Wildman–Crippen MR) is 218 cm³/mol. The zero-order valence-electron chi connectivity index (χ0n) is 29.6. The zero-order chi connectivity index (χ0) is 38.2. The van der Waals surface area contributed by atoms with Crippen LogP contribution in [0.15, 0.2) is 152 Å². The summed E-state index contributed by atoms with van der Waals surface area (Å²) in [5.74, 6) is 0. The molecule has 0 amide bonds. The largest absolute Gasteiger partial charge is 0.247 e. The fourth-order valence-electron chi connectivity index (χ4n) is 7.27. The number of para-hydroxylation sites is 1. The van der Waals surface area contributed by atoms with Gasteiger partial charge in [-0.2, -0.15) is 21.0 Å². The van der Waals surface area contributed by atoms with Crippen molar-refractivity contribution in [3.8, 4) is 80.3 Å². The van der Waals surface area contributed by atoms with E-state index in [1.165, 1.54) is 0 Å². The van der Waals surface area contributed by atoms with E-state index >= 15 is 0 Å². The van der Waals surface area contributed by atoms with Crippen LogP contribution in [0.25, 0.3) is 88.7 Å². The molecule has 0 saturated carbocycles. The van der Waals surface area contributed by atoms with E-state index < -0.39 is 0 Å². The Hall–Kier alpha value is -8.49. The van der Waals surface area contributed by atoms with Crippen LogP contribution in [0, 0.1) is 45.3 Å². The fourth-order valence-corrected chi connectivity index (χ4v) is 7.27. The Balaban J connectivity index is 1.41. The zero-order valence-corrected chi connectivity index (χ0v) is 29.6. The molecule has 0 unspecified atom stereocenters. The Kier molecular flexibility index (Phi) is 8.23. The molecule has 0 bridgehead atoms. The number of hydrogen-bond donors (Lipinski definition) is 0.